The minimum atomic E-state index is -2.07. The number of carbonyl (C=O) groups is 3. The lowest BCUT2D eigenvalue weighted by atomic mass is 9.88. The van der Waals surface area contributed by atoms with Gasteiger partial charge in [0.25, 0.3) is 0 Å². The molecule has 1 amide bonds. The van der Waals surface area contributed by atoms with Crippen molar-refractivity contribution in [1.29, 1.82) is 0 Å². The van der Waals surface area contributed by atoms with Crippen molar-refractivity contribution in [1.82, 2.24) is 9.62 Å². The molecule has 1 saturated heterocycles. The quantitative estimate of drug-likeness (QED) is 0.394. The first-order valence-electron chi connectivity index (χ1n) is 10.4. The third kappa shape index (κ3) is 6.89. The van der Waals surface area contributed by atoms with Crippen molar-refractivity contribution in [2.24, 2.45) is 5.92 Å². The summed E-state index contributed by atoms with van der Waals surface area (Å²) in [4.78, 5) is 38.6. The van der Waals surface area contributed by atoms with Gasteiger partial charge in [0.1, 0.15) is 0 Å². The van der Waals surface area contributed by atoms with E-state index in [-0.39, 0.29) is 29.9 Å². The SMILES string of the molecule is CC(=O)Nc1ccc(C(=O)C2CCN(CC(=O)c3ccc(CNS(=O)O)cc3)CC2)cc1. The van der Waals surface area contributed by atoms with Crippen molar-refractivity contribution in [3.8, 4) is 0 Å². The first kappa shape index (κ1) is 23.9. The summed E-state index contributed by atoms with van der Waals surface area (Å²) >= 11 is -2.07. The average molecular weight is 458 g/mol. The van der Waals surface area contributed by atoms with Crippen LogP contribution in [0.3, 0.4) is 0 Å². The molecule has 0 radical (unpaired) electrons. The van der Waals surface area contributed by atoms with Gasteiger partial charge in [0.15, 0.2) is 11.6 Å². The largest absolute Gasteiger partial charge is 0.326 e. The fraction of sp³-hybridized carbons (Fsp3) is 0.348. The highest BCUT2D eigenvalue weighted by atomic mass is 32.2. The van der Waals surface area contributed by atoms with Crippen LogP contribution in [0.15, 0.2) is 48.5 Å². The number of anilines is 1. The average Bonchev–Trinajstić information content (AvgIpc) is 2.78. The lowest BCUT2D eigenvalue weighted by Crippen LogP contribution is -2.39. The third-order valence-corrected chi connectivity index (χ3v) is 5.88. The molecule has 1 heterocycles. The van der Waals surface area contributed by atoms with E-state index in [1.807, 2.05) is 0 Å². The van der Waals surface area contributed by atoms with Crippen LogP contribution in [0.5, 0.6) is 0 Å². The fourth-order valence-corrected chi connectivity index (χ4v) is 4.05. The van der Waals surface area contributed by atoms with Crippen LogP contribution in [-0.4, -0.2) is 50.8 Å². The van der Waals surface area contributed by atoms with Crippen LogP contribution in [-0.2, 0) is 22.6 Å². The van der Waals surface area contributed by atoms with Crippen LogP contribution in [0, 0.1) is 5.92 Å². The Labute approximate surface area is 189 Å². The van der Waals surface area contributed by atoms with E-state index in [0.29, 0.717) is 49.3 Å². The normalized spacial score (nSPS) is 15.8. The van der Waals surface area contributed by atoms with Gasteiger partial charge in [-0.05, 0) is 55.8 Å². The maximum absolute atomic E-state index is 12.8. The smallest absolute Gasteiger partial charge is 0.232 e. The number of likely N-dealkylation sites (tertiary alicyclic amines) is 1. The van der Waals surface area contributed by atoms with E-state index in [1.54, 1.807) is 48.5 Å². The number of benzene rings is 2. The van der Waals surface area contributed by atoms with Gasteiger partial charge in [-0.3, -0.25) is 23.8 Å². The van der Waals surface area contributed by atoms with Crippen molar-refractivity contribution >= 4 is 34.4 Å². The highest BCUT2D eigenvalue weighted by Crippen LogP contribution is 2.23. The van der Waals surface area contributed by atoms with Gasteiger partial charge in [0.05, 0.1) is 6.54 Å². The van der Waals surface area contributed by atoms with E-state index in [1.165, 1.54) is 6.92 Å². The number of hydrogen-bond acceptors (Lipinski definition) is 5. The predicted molar refractivity (Wildman–Crippen MR) is 123 cm³/mol. The monoisotopic (exact) mass is 457 g/mol. The van der Waals surface area contributed by atoms with Crippen molar-refractivity contribution < 1.29 is 23.1 Å². The van der Waals surface area contributed by atoms with E-state index < -0.39 is 11.3 Å². The first-order valence-corrected chi connectivity index (χ1v) is 11.5. The number of rotatable bonds is 9. The second-order valence-electron chi connectivity index (χ2n) is 7.86. The summed E-state index contributed by atoms with van der Waals surface area (Å²) in [6.07, 6.45) is 1.39. The zero-order valence-electron chi connectivity index (χ0n) is 17.9. The number of Topliss-reactive ketones (excluding diaryl/α,β-unsaturated/α-hetero) is 2. The molecule has 8 nitrogen and oxygen atoms in total. The van der Waals surface area contributed by atoms with E-state index in [9.17, 15) is 18.6 Å². The van der Waals surface area contributed by atoms with Gasteiger partial charge in [-0.1, -0.05) is 24.3 Å². The predicted octanol–water partition coefficient (Wildman–Crippen LogP) is 2.65. The van der Waals surface area contributed by atoms with E-state index in [2.05, 4.69) is 14.9 Å². The third-order valence-electron chi connectivity index (χ3n) is 5.49. The molecule has 0 saturated carbocycles. The number of ketones is 2. The summed E-state index contributed by atoms with van der Waals surface area (Å²) in [7, 11) is 0. The summed E-state index contributed by atoms with van der Waals surface area (Å²) in [5.74, 6) is -0.123. The lowest BCUT2D eigenvalue weighted by Gasteiger charge is -2.30. The molecule has 32 heavy (non-hydrogen) atoms. The molecule has 2 aromatic carbocycles. The Morgan fingerprint density at radius 2 is 1.59 bits per heavy atom. The Hall–Kier alpha value is -2.72. The van der Waals surface area contributed by atoms with Crippen LogP contribution in [0.1, 0.15) is 46.0 Å². The van der Waals surface area contributed by atoms with Gasteiger partial charge < -0.3 is 5.32 Å². The number of hydrogen-bond donors (Lipinski definition) is 3. The Balaban J connectivity index is 1.47. The topological polar surface area (TPSA) is 116 Å². The second-order valence-corrected chi connectivity index (χ2v) is 8.65. The minimum Gasteiger partial charge on any atom is -0.326 e. The molecule has 0 spiro atoms. The molecule has 1 aliphatic heterocycles. The van der Waals surface area contributed by atoms with Crippen molar-refractivity contribution in [2.75, 3.05) is 25.0 Å². The summed E-state index contributed by atoms with van der Waals surface area (Å²) < 4.78 is 21.8. The van der Waals surface area contributed by atoms with Crippen molar-refractivity contribution in [3.05, 3.63) is 65.2 Å². The molecule has 1 fully saturated rings. The summed E-state index contributed by atoms with van der Waals surface area (Å²) in [6, 6.07) is 13.9. The van der Waals surface area contributed by atoms with Gasteiger partial charge in [-0.15, -0.1) is 0 Å². The number of carbonyl (C=O) groups excluding carboxylic acids is 3. The van der Waals surface area contributed by atoms with Crippen LogP contribution in [0.2, 0.25) is 0 Å². The lowest BCUT2D eigenvalue weighted by molar-refractivity contribution is -0.114. The maximum atomic E-state index is 12.8. The molecule has 1 unspecified atom stereocenters. The molecule has 0 aliphatic carbocycles. The number of amides is 1. The molecule has 1 aliphatic rings. The molecule has 9 heteroatoms. The van der Waals surface area contributed by atoms with Gasteiger partial charge >= 0.3 is 0 Å². The molecule has 0 aromatic heterocycles. The van der Waals surface area contributed by atoms with E-state index in [4.69, 9.17) is 4.55 Å². The number of nitrogens with one attached hydrogen (secondary N) is 2. The molecule has 3 N–H and O–H groups in total. The van der Waals surface area contributed by atoms with Gasteiger partial charge in [-0.25, -0.2) is 8.93 Å². The fourth-order valence-electron chi connectivity index (χ4n) is 3.76. The zero-order valence-corrected chi connectivity index (χ0v) is 18.7. The summed E-state index contributed by atoms with van der Waals surface area (Å²) in [5, 5.41) is 2.69. The maximum Gasteiger partial charge on any atom is 0.232 e. The van der Waals surface area contributed by atoms with Crippen LogP contribution >= 0.6 is 0 Å². The van der Waals surface area contributed by atoms with Crippen LogP contribution in [0.25, 0.3) is 0 Å². The van der Waals surface area contributed by atoms with Gasteiger partial charge in [-0.2, -0.15) is 0 Å². The Morgan fingerprint density at radius 3 is 2.16 bits per heavy atom. The molecule has 2 aromatic rings. The Morgan fingerprint density at radius 1 is 1.00 bits per heavy atom. The highest BCUT2D eigenvalue weighted by Gasteiger charge is 2.26. The molecular formula is C23H27N3O5S. The standard InChI is InChI=1S/C23H27N3O5S/c1-16(27)25-21-8-6-19(7-9-21)23(29)20-10-12-26(13-11-20)15-22(28)18-4-2-17(3-5-18)14-24-32(30)31/h2-9,20,24H,10-15H2,1H3,(H,25,27)(H,30,31). The minimum absolute atomic E-state index is 0.00794. The molecular weight excluding hydrogens is 430 g/mol. The van der Waals surface area contributed by atoms with E-state index >= 15 is 0 Å². The second kappa shape index (κ2) is 11.2. The summed E-state index contributed by atoms with van der Waals surface area (Å²) in [5.41, 5.74) is 2.70. The zero-order chi connectivity index (χ0) is 23.1. The highest BCUT2D eigenvalue weighted by molar-refractivity contribution is 7.77. The van der Waals surface area contributed by atoms with Crippen molar-refractivity contribution in [3.63, 3.8) is 0 Å². The number of nitrogens with zero attached hydrogens (tertiary/aromatic N) is 1. The van der Waals surface area contributed by atoms with Crippen molar-refractivity contribution in [2.45, 2.75) is 26.3 Å². The van der Waals surface area contributed by atoms with Gasteiger partial charge in [0, 0.05) is 36.2 Å². The summed E-state index contributed by atoms with van der Waals surface area (Å²) in [6.45, 7) is 3.33. The van der Waals surface area contributed by atoms with Crippen LogP contribution < -0.4 is 10.0 Å². The van der Waals surface area contributed by atoms with Crippen LogP contribution in [0.4, 0.5) is 5.69 Å². The Bertz CT molecular complexity index is 984. The molecule has 0 bridgehead atoms. The first-order chi connectivity index (χ1) is 15.3. The molecule has 3 rings (SSSR count). The number of piperidine rings is 1. The Kier molecular flexibility index (Phi) is 8.40. The molecule has 1 atom stereocenters. The van der Waals surface area contributed by atoms with Gasteiger partial charge in [0.2, 0.25) is 17.2 Å². The molecule has 170 valence electrons. The van der Waals surface area contributed by atoms with E-state index in [0.717, 1.165) is 5.56 Å².